The first kappa shape index (κ1) is 20.6. The molecule has 0 atom stereocenters. The van der Waals surface area contributed by atoms with E-state index in [4.69, 9.17) is 9.47 Å². The molecule has 1 aromatic carbocycles. The second-order valence-electron chi connectivity index (χ2n) is 8.30. The first-order valence-electron chi connectivity index (χ1n) is 11.1. The molecule has 170 valence electrons. The molecule has 0 bridgehead atoms. The number of amides is 2. The van der Waals surface area contributed by atoms with E-state index in [-0.39, 0.29) is 6.03 Å². The van der Waals surface area contributed by atoms with Gasteiger partial charge in [0.15, 0.2) is 23.1 Å². The van der Waals surface area contributed by atoms with Crippen LogP contribution in [0.1, 0.15) is 0 Å². The van der Waals surface area contributed by atoms with E-state index in [1.807, 2.05) is 23.1 Å². The van der Waals surface area contributed by atoms with E-state index < -0.39 is 0 Å². The van der Waals surface area contributed by atoms with Gasteiger partial charge in [-0.15, -0.1) is 10.2 Å². The van der Waals surface area contributed by atoms with Gasteiger partial charge in [-0.1, -0.05) is 0 Å². The van der Waals surface area contributed by atoms with Crippen LogP contribution in [0.2, 0.25) is 0 Å². The summed E-state index contributed by atoms with van der Waals surface area (Å²) in [6.07, 6.45) is 0. The molecule has 0 aliphatic carbocycles. The predicted molar refractivity (Wildman–Crippen MR) is 122 cm³/mol. The SMILES string of the molecule is CN1CCN(c2ccc(N3CCN(C(=O)Nc4ccc5c(c4)OCCO5)CC3)nn2)CC1. The highest BCUT2D eigenvalue weighted by Crippen LogP contribution is 2.32. The lowest BCUT2D eigenvalue weighted by Crippen LogP contribution is -2.50. The molecule has 3 aliphatic heterocycles. The summed E-state index contributed by atoms with van der Waals surface area (Å²) in [5, 5.41) is 11.9. The number of rotatable bonds is 3. The van der Waals surface area contributed by atoms with Crippen LogP contribution in [-0.4, -0.2) is 98.6 Å². The Morgan fingerprint density at radius 2 is 1.41 bits per heavy atom. The molecule has 10 heteroatoms. The smallest absolute Gasteiger partial charge is 0.321 e. The number of aromatic nitrogens is 2. The summed E-state index contributed by atoms with van der Waals surface area (Å²) >= 11 is 0. The molecule has 0 saturated carbocycles. The topological polar surface area (TPSA) is 86.3 Å². The van der Waals surface area contributed by atoms with Crippen molar-refractivity contribution in [2.75, 3.05) is 87.7 Å². The number of carbonyl (C=O) groups excluding carboxylic acids is 1. The number of fused-ring (bicyclic) bond motifs is 1. The maximum Gasteiger partial charge on any atom is 0.321 e. The minimum atomic E-state index is -0.113. The largest absolute Gasteiger partial charge is 0.486 e. The summed E-state index contributed by atoms with van der Waals surface area (Å²) in [5.74, 6) is 3.16. The molecule has 1 N–H and O–H groups in total. The molecular formula is C22H29N7O3. The molecule has 32 heavy (non-hydrogen) atoms. The predicted octanol–water partition coefficient (Wildman–Crippen LogP) is 1.35. The van der Waals surface area contributed by atoms with Gasteiger partial charge < -0.3 is 34.4 Å². The summed E-state index contributed by atoms with van der Waals surface area (Å²) in [4.78, 5) is 21.3. The van der Waals surface area contributed by atoms with Crippen LogP contribution in [-0.2, 0) is 0 Å². The first-order chi connectivity index (χ1) is 15.7. The molecule has 4 heterocycles. The maximum absolute atomic E-state index is 12.7. The van der Waals surface area contributed by atoms with Crippen molar-refractivity contribution in [1.82, 2.24) is 20.0 Å². The number of nitrogens with zero attached hydrogens (tertiary/aromatic N) is 6. The summed E-state index contributed by atoms with van der Waals surface area (Å²) in [6, 6.07) is 9.43. The summed E-state index contributed by atoms with van der Waals surface area (Å²) in [7, 11) is 2.14. The molecule has 0 radical (unpaired) electrons. The fourth-order valence-electron chi connectivity index (χ4n) is 4.15. The fraction of sp³-hybridized carbons (Fsp3) is 0.500. The molecule has 2 fully saturated rings. The van der Waals surface area contributed by atoms with Gasteiger partial charge in [-0.2, -0.15) is 0 Å². The van der Waals surface area contributed by atoms with E-state index in [1.165, 1.54) is 0 Å². The molecule has 5 rings (SSSR count). The Labute approximate surface area is 187 Å². The Hall–Kier alpha value is -3.27. The van der Waals surface area contributed by atoms with Crippen molar-refractivity contribution in [3.63, 3.8) is 0 Å². The van der Waals surface area contributed by atoms with Crippen molar-refractivity contribution in [1.29, 1.82) is 0 Å². The number of hydrogen-bond acceptors (Lipinski definition) is 8. The zero-order chi connectivity index (χ0) is 21.9. The average molecular weight is 440 g/mol. The number of anilines is 3. The number of hydrogen-bond donors (Lipinski definition) is 1. The quantitative estimate of drug-likeness (QED) is 0.767. The first-order valence-corrected chi connectivity index (χ1v) is 11.1. The van der Waals surface area contributed by atoms with Crippen LogP contribution in [0, 0.1) is 0 Å². The zero-order valence-corrected chi connectivity index (χ0v) is 18.4. The lowest BCUT2D eigenvalue weighted by Gasteiger charge is -2.35. The zero-order valence-electron chi connectivity index (χ0n) is 18.4. The fourth-order valence-corrected chi connectivity index (χ4v) is 4.15. The number of piperazine rings is 2. The number of carbonyl (C=O) groups is 1. The van der Waals surface area contributed by atoms with Gasteiger partial charge in [0.1, 0.15) is 13.2 Å². The molecule has 2 aromatic rings. The van der Waals surface area contributed by atoms with Crippen LogP contribution in [0.4, 0.5) is 22.1 Å². The third-order valence-electron chi connectivity index (χ3n) is 6.15. The minimum absolute atomic E-state index is 0.113. The van der Waals surface area contributed by atoms with Crippen molar-refractivity contribution in [3.8, 4) is 11.5 Å². The van der Waals surface area contributed by atoms with Gasteiger partial charge >= 0.3 is 6.03 Å². The molecular weight excluding hydrogens is 410 g/mol. The van der Waals surface area contributed by atoms with Crippen LogP contribution in [0.25, 0.3) is 0 Å². The number of benzene rings is 1. The molecule has 0 unspecified atom stereocenters. The number of urea groups is 1. The second-order valence-corrected chi connectivity index (χ2v) is 8.30. The summed E-state index contributed by atoms with van der Waals surface area (Å²) in [6.45, 7) is 7.78. The third kappa shape index (κ3) is 4.50. The highest BCUT2D eigenvalue weighted by molar-refractivity contribution is 5.90. The molecule has 2 amide bonds. The summed E-state index contributed by atoms with van der Waals surface area (Å²) in [5.41, 5.74) is 0.701. The van der Waals surface area contributed by atoms with Gasteiger partial charge in [-0.05, 0) is 31.3 Å². The molecule has 0 spiro atoms. The van der Waals surface area contributed by atoms with Gasteiger partial charge in [0.25, 0.3) is 0 Å². The standard InChI is InChI=1S/C22H29N7O3/c1-26-6-8-27(9-7-26)20-4-5-21(25-24-20)28-10-12-29(13-11-28)22(30)23-17-2-3-18-19(16-17)32-15-14-31-18/h2-5,16H,6-15H2,1H3,(H,23,30). The highest BCUT2D eigenvalue weighted by atomic mass is 16.6. The Morgan fingerprint density at radius 1 is 0.812 bits per heavy atom. The maximum atomic E-state index is 12.7. The second kappa shape index (κ2) is 9.07. The summed E-state index contributed by atoms with van der Waals surface area (Å²) < 4.78 is 11.1. The highest BCUT2D eigenvalue weighted by Gasteiger charge is 2.23. The monoisotopic (exact) mass is 439 g/mol. The van der Waals surface area contributed by atoms with E-state index >= 15 is 0 Å². The molecule has 1 aromatic heterocycles. The Bertz CT molecular complexity index is 939. The van der Waals surface area contributed by atoms with Crippen LogP contribution < -0.4 is 24.6 Å². The van der Waals surface area contributed by atoms with Crippen LogP contribution in [0.3, 0.4) is 0 Å². The van der Waals surface area contributed by atoms with E-state index in [1.54, 1.807) is 6.07 Å². The van der Waals surface area contributed by atoms with Gasteiger partial charge in [-0.25, -0.2) is 4.79 Å². The molecule has 3 aliphatic rings. The Balaban J connectivity index is 1.13. The molecule has 2 saturated heterocycles. The normalized spacial score (nSPS) is 19.1. The minimum Gasteiger partial charge on any atom is -0.486 e. The lowest BCUT2D eigenvalue weighted by molar-refractivity contribution is 0.171. The van der Waals surface area contributed by atoms with Crippen molar-refractivity contribution in [2.24, 2.45) is 0 Å². The van der Waals surface area contributed by atoms with Crippen molar-refractivity contribution in [3.05, 3.63) is 30.3 Å². The van der Waals surface area contributed by atoms with Gasteiger partial charge in [0.2, 0.25) is 0 Å². The van der Waals surface area contributed by atoms with Crippen LogP contribution in [0.15, 0.2) is 30.3 Å². The van der Waals surface area contributed by atoms with E-state index in [0.29, 0.717) is 43.5 Å². The van der Waals surface area contributed by atoms with Crippen molar-refractivity contribution < 1.29 is 14.3 Å². The van der Waals surface area contributed by atoms with Crippen molar-refractivity contribution in [2.45, 2.75) is 0 Å². The number of nitrogens with one attached hydrogen (secondary N) is 1. The van der Waals surface area contributed by atoms with E-state index in [0.717, 1.165) is 50.9 Å². The lowest BCUT2D eigenvalue weighted by atomic mass is 10.2. The van der Waals surface area contributed by atoms with E-state index in [2.05, 4.69) is 43.3 Å². The average Bonchev–Trinajstić information content (AvgIpc) is 2.85. The van der Waals surface area contributed by atoms with Gasteiger partial charge in [0, 0.05) is 64.1 Å². The third-order valence-corrected chi connectivity index (χ3v) is 6.15. The van der Waals surface area contributed by atoms with Crippen LogP contribution >= 0.6 is 0 Å². The van der Waals surface area contributed by atoms with Crippen LogP contribution in [0.5, 0.6) is 11.5 Å². The molecule has 10 nitrogen and oxygen atoms in total. The van der Waals surface area contributed by atoms with Crippen molar-refractivity contribution >= 4 is 23.4 Å². The Kier molecular flexibility index (Phi) is 5.85. The number of ether oxygens (including phenoxy) is 2. The number of likely N-dealkylation sites (N-methyl/N-ethyl adjacent to an activating group) is 1. The van der Waals surface area contributed by atoms with Gasteiger partial charge in [-0.3, -0.25) is 0 Å². The van der Waals surface area contributed by atoms with Gasteiger partial charge in [0.05, 0.1) is 0 Å². The van der Waals surface area contributed by atoms with E-state index in [9.17, 15) is 4.79 Å². The Morgan fingerprint density at radius 3 is 2.03 bits per heavy atom.